The fourth-order valence-corrected chi connectivity index (χ4v) is 3.74. The Balaban J connectivity index is 2.06. The number of aliphatic hydroxyl groups is 1. The summed E-state index contributed by atoms with van der Waals surface area (Å²) in [6, 6.07) is 13.1. The van der Waals surface area contributed by atoms with E-state index in [2.05, 4.69) is 0 Å². The van der Waals surface area contributed by atoms with Crippen LogP contribution in [0.4, 0.5) is 0 Å². The zero-order chi connectivity index (χ0) is 21.8. The lowest BCUT2D eigenvalue weighted by atomic mass is 9.95. The Kier molecular flexibility index (Phi) is 6.80. The van der Waals surface area contributed by atoms with E-state index < -0.39 is 17.7 Å². The van der Waals surface area contributed by atoms with Gasteiger partial charge in [0.25, 0.3) is 11.7 Å². The van der Waals surface area contributed by atoms with Gasteiger partial charge in [-0.05, 0) is 42.0 Å². The molecular weight excluding hydrogens is 404 g/mol. The molecule has 0 saturated carbocycles. The molecule has 0 aliphatic carbocycles. The Bertz CT molecular complexity index is 952. The van der Waals surface area contributed by atoms with Crippen molar-refractivity contribution >= 4 is 29.1 Å². The van der Waals surface area contributed by atoms with Crippen LogP contribution in [0.25, 0.3) is 5.76 Å². The first-order valence-electron chi connectivity index (χ1n) is 9.80. The van der Waals surface area contributed by atoms with E-state index in [1.54, 1.807) is 60.5 Å². The highest BCUT2D eigenvalue weighted by Gasteiger charge is 2.45. The number of carbonyl (C=O) groups excluding carboxylic acids is 2. The quantitative estimate of drug-likeness (QED) is 0.402. The van der Waals surface area contributed by atoms with Crippen LogP contribution in [0, 0.1) is 0 Å². The van der Waals surface area contributed by atoms with E-state index in [1.165, 1.54) is 4.90 Å². The number of aliphatic hydroxyl groups excluding tert-OH is 1. The first kappa shape index (κ1) is 21.9. The van der Waals surface area contributed by atoms with Gasteiger partial charge in [-0.15, -0.1) is 0 Å². The lowest BCUT2D eigenvalue weighted by Crippen LogP contribution is -3.05. The minimum atomic E-state index is -0.680. The lowest BCUT2D eigenvalue weighted by molar-refractivity contribution is -0.858. The number of ether oxygens (including phenoxy) is 1. The van der Waals surface area contributed by atoms with E-state index in [0.717, 1.165) is 18.5 Å². The van der Waals surface area contributed by atoms with Gasteiger partial charge in [0.15, 0.2) is 0 Å². The molecule has 1 fully saturated rings. The third kappa shape index (κ3) is 4.50. The number of likely N-dealkylation sites (tertiary alicyclic amines) is 1. The third-order valence-electron chi connectivity index (χ3n) is 5.16. The molecule has 1 amide bonds. The van der Waals surface area contributed by atoms with Crippen LogP contribution in [0.1, 0.15) is 23.6 Å². The number of Topliss-reactive ketones (excluding diaryl/α,β-unsaturated/α-hetero) is 1. The van der Waals surface area contributed by atoms with Gasteiger partial charge in [-0.3, -0.25) is 9.59 Å². The number of benzene rings is 2. The molecule has 0 unspecified atom stereocenters. The molecule has 1 atom stereocenters. The zero-order valence-corrected chi connectivity index (χ0v) is 18.1. The van der Waals surface area contributed by atoms with E-state index in [1.807, 2.05) is 14.1 Å². The molecule has 1 aliphatic heterocycles. The molecule has 0 radical (unpaired) electrons. The number of rotatable bonds is 7. The van der Waals surface area contributed by atoms with Gasteiger partial charge in [-0.1, -0.05) is 23.7 Å². The van der Waals surface area contributed by atoms with Crippen LogP contribution in [0.3, 0.4) is 0 Å². The van der Waals surface area contributed by atoms with Crippen molar-refractivity contribution in [3.63, 3.8) is 0 Å². The highest BCUT2D eigenvalue weighted by molar-refractivity contribution is 6.46. The normalized spacial score (nSPS) is 18.3. The molecule has 2 aromatic carbocycles. The largest absolute Gasteiger partial charge is 0.507 e. The van der Waals surface area contributed by atoms with Gasteiger partial charge < -0.3 is 19.6 Å². The van der Waals surface area contributed by atoms with Crippen LogP contribution in [0.5, 0.6) is 5.75 Å². The minimum Gasteiger partial charge on any atom is -0.507 e. The van der Waals surface area contributed by atoms with Crippen LogP contribution < -0.4 is 9.64 Å². The topological polar surface area (TPSA) is 71.3 Å². The van der Waals surface area contributed by atoms with Gasteiger partial charge in [0.1, 0.15) is 11.5 Å². The number of hydrogen-bond acceptors (Lipinski definition) is 4. The molecule has 2 aromatic rings. The van der Waals surface area contributed by atoms with Crippen LogP contribution in [0.2, 0.25) is 5.02 Å². The number of halogens is 1. The van der Waals surface area contributed by atoms with E-state index in [9.17, 15) is 14.7 Å². The number of carbonyl (C=O) groups is 2. The highest BCUT2D eigenvalue weighted by atomic mass is 35.5. The van der Waals surface area contributed by atoms with Crippen LogP contribution in [0.15, 0.2) is 54.1 Å². The van der Waals surface area contributed by atoms with Crippen molar-refractivity contribution in [1.29, 1.82) is 0 Å². The molecule has 0 spiro atoms. The molecule has 1 heterocycles. The molecule has 3 rings (SSSR count). The molecule has 1 saturated heterocycles. The number of methoxy groups -OCH3 is 1. The molecule has 0 aromatic heterocycles. The Morgan fingerprint density at radius 3 is 2.30 bits per heavy atom. The summed E-state index contributed by atoms with van der Waals surface area (Å²) < 4.78 is 5.15. The SMILES string of the molecule is COc1ccc(C(O)=C2C(=O)C(=O)N(CCC[NH+](C)C)[C@@H]2c2ccc(Cl)cc2)cc1. The first-order valence-corrected chi connectivity index (χ1v) is 10.2. The van der Waals surface area contributed by atoms with Gasteiger partial charge in [0.2, 0.25) is 0 Å². The van der Waals surface area contributed by atoms with Gasteiger partial charge >= 0.3 is 0 Å². The second kappa shape index (κ2) is 9.32. The average Bonchev–Trinajstić information content (AvgIpc) is 2.98. The van der Waals surface area contributed by atoms with Crippen LogP contribution in [-0.2, 0) is 9.59 Å². The summed E-state index contributed by atoms with van der Waals surface area (Å²) in [6.07, 6.45) is 0.738. The van der Waals surface area contributed by atoms with E-state index >= 15 is 0 Å². The maximum Gasteiger partial charge on any atom is 0.295 e. The molecule has 2 N–H and O–H groups in total. The number of nitrogens with one attached hydrogen (secondary N) is 1. The van der Waals surface area contributed by atoms with Crippen molar-refractivity contribution in [2.24, 2.45) is 0 Å². The summed E-state index contributed by atoms with van der Waals surface area (Å²) in [5, 5.41) is 11.6. The number of nitrogens with zero attached hydrogens (tertiary/aromatic N) is 1. The minimum absolute atomic E-state index is 0.0877. The van der Waals surface area contributed by atoms with Crippen LogP contribution in [-0.4, -0.2) is 56.0 Å². The molecular formula is C23H26ClN2O4+. The molecule has 158 valence electrons. The maximum atomic E-state index is 12.9. The Hall–Kier alpha value is -2.83. The number of hydrogen-bond donors (Lipinski definition) is 2. The van der Waals surface area contributed by atoms with Gasteiger partial charge in [-0.2, -0.15) is 0 Å². The summed E-state index contributed by atoms with van der Waals surface area (Å²) in [6.45, 7) is 1.28. The second-order valence-electron chi connectivity index (χ2n) is 7.58. The predicted molar refractivity (Wildman–Crippen MR) is 116 cm³/mol. The van der Waals surface area contributed by atoms with E-state index in [0.29, 0.717) is 22.9 Å². The summed E-state index contributed by atoms with van der Waals surface area (Å²) >= 11 is 6.03. The molecule has 7 heteroatoms. The highest BCUT2D eigenvalue weighted by Crippen LogP contribution is 2.39. The Morgan fingerprint density at radius 2 is 1.73 bits per heavy atom. The lowest BCUT2D eigenvalue weighted by Gasteiger charge is -2.25. The summed E-state index contributed by atoms with van der Waals surface area (Å²) in [7, 11) is 5.62. The first-order chi connectivity index (χ1) is 14.3. The predicted octanol–water partition coefficient (Wildman–Crippen LogP) is 2.30. The van der Waals surface area contributed by atoms with Crippen molar-refractivity contribution in [2.45, 2.75) is 12.5 Å². The van der Waals surface area contributed by atoms with Crippen LogP contribution >= 0.6 is 11.6 Å². The van der Waals surface area contributed by atoms with Crippen molar-refractivity contribution in [1.82, 2.24) is 4.90 Å². The second-order valence-corrected chi connectivity index (χ2v) is 8.02. The Morgan fingerprint density at radius 1 is 1.10 bits per heavy atom. The summed E-state index contributed by atoms with van der Waals surface area (Å²) in [4.78, 5) is 28.6. The van der Waals surface area contributed by atoms with Gasteiger partial charge in [0, 0.05) is 23.6 Å². The van der Waals surface area contributed by atoms with Crippen molar-refractivity contribution in [3.8, 4) is 5.75 Å². The fourth-order valence-electron chi connectivity index (χ4n) is 3.61. The summed E-state index contributed by atoms with van der Waals surface area (Å²) in [5.41, 5.74) is 1.26. The molecule has 1 aliphatic rings. The average molecular weight is 430 g/mol. The molecule has 6 nitrogen and oxygen atoms in total. The van der Waals surface area contributed by atoms with Crippen molar-refractivity contribution in [3.05, 3.63) is 70.3 Å². The maximum absolute atomic E-state index is 12.9. The van der Waals surface area contributed by atoms with Crippen molar-refractivity contribution in [2.75, 3.05) is 34.3 Å². The smallest absolute Gasteiger partial charge is 0.295 e. The van der Waals surface area contributed by atoms with E-state index in [4.69, 9.17) is 16.3 Å². The number of ketones is 1. The zero-order valence-electron chi connectivity index (χ0n) is 17.3. The Labute approximate surface area is 181 Å². The molecule has 0 bridgehead atoms. The monoisotopic (exact) mass is 429 g/mol. The van der Waals surface area contributed by atoms with Crippen molar-refractivity contribution < 1.29 is 24.3 Å². The van der Waals surface area contributed by atoms with Gasteiger partial charge in [0.05, 0.1) is 39.4 Å². The fraction of sp³-hybridized carbons (Fsp3) is 0.304. The number of amides is 1. The molecule has 30 heavy (non-hydrogen) atoms. The number of quaternary nitrogens is 1. The van der Waals surface area contributed by atoms with E-state index in [-0.39, 0.29) is 11.3 Å². The summed E-state index contributed by atoms with van der Waals surface area (Å²) in [5.74, 6) is -0.844. The van der Waals surface area contributed by atoms with Gasteiger partial charge in [-0.25, -0.2) is 0 Å². The third-order valence-corrected chi connectivity index (χ3v) is 5.42. The standard InChI is InChI=1S/C23H25ClN2O4/c1-25(2)13-4-14-26-20(15-5-9-17(24)10-6-15)19(22(28)23(26)29)21(27)16-7-11-18(30-3)12-8-16/h5-12,20,27H,4,13-14H2,1-3H3/p+1/t20-/m1/s1.